The molecule has 0 saturated heterocycles. The molecule has 0 heterocycles. The van der Waals surface area contributed by atoms with Gasteiger partial charge in [-0.05, 0) is 77.8 Å². The Morgan fingerprint density at radius 3 is 2.30 bits per heavy atom. The number of carbonyl (C=O) groups is 1. The monoisotopic (exact) mass is 459 g/mol. The number of hydrogen-bond donors (Lipinski definition) is 2. The van der Waals surface area contributed by atoms with E-state index in [2.05, 4.69) is 28.0 Å². The fraction of sp³-hybridized carbons (Fsp3) is 0.115. The molecule has 6 nitrogen and oxygen atoms in total. The van der Waals surface area contributed by atoms with Gasteiger partial charge in [-0.3, -0.25) is 5.43 Å². The molecule has 7 heteroatoms. The van der Waals surface area contributed by atoms with E-state index in [-0.39, 0.29) is 0 Å². The standard InChI is InChI=1S/C26H25N3O3S/c1-31-23-12-7-21(8-13-23)11-16-25(30)32-24-14-9-22(10-15-24)19-28-29-26(33)27-18-17-20-5-3-2-4-6-20/h2-16,19H,17-18H2,1H3,(H2,27,29,33)/b16-11+,28-19+. The van der Waals surface area contributed by atoms with Gasteiger partial charge in [0.05, 0.1) is 13.3 Å². The second-order valence-electron chi connectivity index (χ2n) is 6.96. The van der Waals surface area contributed by atoms with Crippen molar-refractivity contribution < 1.29 is 14.3 Å². The number of thiocarbonyl (C=S) groups is 1. The van der Waals surface area contributed by atoms with E-state index in [1.54, 1.807) is 43.7 Å². The molecule has 0 aromatic heterocycles. The van der Waals surface area contributed by atoms with Gasteiger partial charge in [-0.1, -0.05) is 42.5 Å². The molecule has 0 radical (unpaired) electrons. The SMILES string of the molecule is COc1ccc(/C=C/C(=O)Oc2ccc(/C=N/NC(=S)NCCc3ccccc3)cc2)cc1. The zero-order valence-electron chi connectivity index (χ0n) is 18.2. The Kier molecular flexibility index (Phi) is 9.17. The lowest BCUT2D eigenvalue weighted by Gasteiger charge is -2.07. The second kappa shape index (κ2) is 12.8. The van der Waals surface area contributed by atoms with Crippen LogP contribution < -0.4 is 20.2 Å². The van der Waals surface area contributed by atoms with Crippen LogP contribution in [0.15, 0.2) is 90.0 Å². The van der Waals surface area contributed by atoms with E-state index in [9.17, 15) is 4.79 Å². The summed E-state index contributed by atoms with van der Waals surface area (Å²) < 4.78 is 10.4. The van der Waals surface area contributed by atoms with E-state index in [1.807, 2.05) is 42.5 Å². The maximum Gasteiger partial charge on any atom is 0.336 e. The van der Waals surface area contributed by atoms with E-state index < -0.39 is 5.97 Å². The molecule has 2 N–H and O–H groups in total. The first-order valence-corrected chi connectivity index (χ1v) is 10.8. The van der Waals surface area contributed by atoms with Crippen molar-refractivity contribution >= 4 is 35.6 Å². The highest BCUT2D eigenvalue weighted by Gasteiger charge is 2.01. The number of esters is 1. The van der Waals surface area contributed by atoms with Gasteiger partial charge in [0.25, 0.3) is 0 Å². The molecule has 0 amide bonds. The van der Waals surface area contributed by atoms with Crippen LogP contribution in [0.2, 0.25) is 0 Å². The lowest BCUT2D eigenvalue weighted by molar-refractivity contribution is -0.128. The summed E-state index contributed by atoms with van der Waals surface area (Å²) in [5.41, 5.74) is 5.75. The van der Waals surface area contributed by atoms with Crippen molar-refractivity contribution in [3.8, 4) is 11.5 Å². The zero-order valence-corrected chi connectivity index (χ0v) is 19.0. The zero-order chi connectivity index (χ0) is 23.3. The van der Waals surface area contributed by atoms with Crippen LogP contribution in [-0.4, -0.2) is 31.0 Å². The summed E-state index contributed by atoms with van der Waals surface area (Å²) in [6.07, 6.45) is 5.58. The van der Waals surface area contributed by atoms with Crippen LogP contribution in [0.25, 0.3) is 6.08 Å². The van der Waals surface area contributed by atoms with Gasteiger partial charge in [-0.25, -0.2) is 4.79 Å². The Labute approximate surface area is 198 Å². The number of nitrogens with zero attached hydrogens (tertiary/aromatic N) is 1. The van der Waals surface area contributed by atoms with Crippen LogP contribution in [0.1, 0.15) is 16.7 Å². The number of nitrogens with one attached hydrogen (secondary N) is 2. The smallest absolute Gasteiger partial charge is 0.336 e. The number of rotatable bonds is 9. The molecule has 168 valence electrons. The van der Waals surface area contributed by atoms with Crippen molar-refractivity contribution in [3.63, 3.8) is 0 Å². The van der Waals surface area contributed by atoms with Crippen LogP contribution in [0, 0.1) is 0 Å². The molecule has 0 aliphatic rings. The highest BCUT2D eigenvalue weighted by atomic mass is 32.1. The van der Waals surface area contributed by atoms with Gasteiger partial charge in [-0.2, -0.15) is 5.10 Å². The van der Waals surface area contributed by atoms with Crippen molar-refractivity contribution in [1.29, 1.82) is 0 Å². The maximum atomic E-state index is 12.0. The lowest BCUT2D eigenvalue weighted by Crippen LogP contribution is -2.33. The van der Waals surface area contributed by atoms with E-state index in [0.29, 0.717) is 10.9 Å². The molecule has 0 atom stereocenters. The van der Waals surface area contributed by atoms with Crippen molar-refractivity contribution in [2.24, 2.45) is 5.10 Å². The van der Waals surface area contributed by atoms with Gasteiger partial charge in [-0.15, -0.1) is 0 Å². The largest absolute Gasteiger partial charge is 0.497 e. The molecule has 0 spiro atoms. The summed E-state index contributed by atoms with van der Waals surface area (Å²) in [7, 11) is 1.61. The predicted octanol–water partition coefficient (Wildman–Crippen LogP) is 4.35. The Bertz CT molecular complexity index is 1100. The average Bonchev–Trinajstić information content (AvgIpc) is 2.85. The summed E-state index contributed by atoms with van der Waals surface area (Å²) in [6, 6.07) is 24.6. The molecule has 3 aromatic carbocycles. The normalized spacial score (nSPS) is 10.8. The molecule has 0 fully saturated rings. The first-order chi connectivity index (χ1) is 16.1. The highest BCUT2D eigenvalue weighted by molar-refractivity contribution is 7.80. The summed E-state index contributed by atoms with van der Waals surface area (Å²) >= 11 is 5.22. The summed E-state index contributed by atoms with van der Waals surface area (Å²) in [5.74, 6) is 0.748. The minimum absolute atomic E-state index is 0.447. The number of hydrogen-bond acceptors (Lipinski definition) is 5. The Hall–Kier alpha value is -3.97. The highest BCUT2D eigenvalue weighted by Crippen LogP contribution is 2.14. The minimum Gasteiger partial charge on any atom is -0.497 e. The Morgan fingerprint density at radius 2 is 1.61 bits per heavy atom. The van der Waals surface area contributed by atoms with Gasteiger partial charge in [0.15, 0.2) is 5.11 Å². The van der Waals surface area contributed by atoms with Gasteiger partial charge >= 0.3 is 5.97 Å². The fourth-order valence-corrected chi connectivity index (χ4v) is 2.98. The fourth-order valence-electron chi connectivity index (χ4n) is 2.82. The van der Waals surface area contributed by atoms with E-state index in [4.69, 9.17) is 21.7 Å². The van der Waals surface area contributed by atoms with Gasteiger partial charge < -0.3 is 14.8 Å². The van der Waals surface area contributed by atoms with E-state index in [1.165, 1.54) is 11.6 Å². The number of benzene rings is 3. The van der Waals surface area contributed by atoms with Crippen molar-refractivity contribution in [3.05, 3.63) is 102 Å². The summed E-state index contributed by atoms with van der Waals surface area (Å²) in [4.78, 5) is 12.0. The third-order valence-corrected chi connectivity index (χ3v) is 4.78. The lowest BCUT2D eigenvalue weighted by atomic mass is 10.1. The first kappa shape index (κ1) is 23.7. The molecule has 0 aliphatic heterocycles. The molecule has 3 rings (SSSR count). The van der Waals surface area contributed by atoms with Crippen molar-refractivity contribution in [2.75, 3.05) is 13.7 Å². The summed E-state index contributed by atoms with van der Waals surface area (Å²) in [6.45, 7) is 0.721. The molecule has 0 unspecified atom stereocenters. The Balaban J connectivity index is 1.39. The van der Waals surface area contributed by atoms with E-state index in [0.717, 1.165) is 29.8 Å². The van der Waals surface area contributed by atoms with Crippen LogP contribution in [0.3, 0.4) is 0 Å². The maximum absolute atomic E-state index is 12.0. The minimum atomic E-state index is -0.458. The molecule has 3 aromatic rings. The Morgan fingerprint density at radius 1 is 0.939 bits per heavy atom. The number of carbonyl (C=O) groups excluding carboxylic acids is 1. The first-order valence-electron chi connectivity index (χ1n) is 10.4. The van der Waals surface area contributed by atoms with Crippen molar-refractivity contribution in [1.82, 2.24) is 10.7 Å². The van der Waals surface area contributed by atoms with Gasteiger partial charge in [0, 0.05) is 12.6 Å². The quantitative estimate of drug-likeness (QED) is 0.124. The average molecular weight is 460 g/mol. The molecule has 0 bridgehead atoms. The van der Waals surface area contributed by atoms with E-state index >= 15 is 0 Å². The summed E-state index contributed by atoms with van der Waals surface area (Å²) in [5, 5.41) is 7.70. The molecule has 0 aliphatic carbocycles. The van der Waals surface area contributed by atoms with Gasteiger partial charge in [0.1, 0.15) is 11.5 Å². The van der Waals surface area contributed by atoms with Crippen LogP contribution in [-0.2, 0) is 11.2 Å². The van der Waals surface area contributed by atoms with Crippen LogP contribution >= 0.6 is 12.2 Å². The molecule has 33 heavy (non-hydrogen) atoms. The van der Waals surface area contributed by atoms with Crippen LogP contribution in [0.4, 0.5) is 0 Å². The van der Waals surface area contributed by atoms with Crippen molar-refractivity contribution in [2.45, 2.75) is 6.42 Å². The number of ether oxygens (including phenoxy) is 2. The predicted molar refractivity (Wildman–Crippen MR) is 136 cm³/mol. The van der Waals surface area contributed by atoms with Gasteiger partial charge in [0.2, 0.25) is 0 Å². The number of hydrazone groups is 1. The molecular formula is C26H25N3O3S. The second-order valence-corrected chi connectivity index (χ2v) is 7.37. The third kappa shape index (κ3) is 8.59. The molecular weight excluding hydrogens is 434 g/mol. The topological polar surface area (TPSA) is 72.0 Å². The van der Waals surface area contributed by atoms with Crippen LogP contribution in [0.5, 0.6) is 11.5 Å². The molecule has 0 saturated carbocycles. The third-order valence-electron chi connectivity index (χ3n) is 4.55. The number of methoxy groups -OCH3 is 1.